The van der Waals surface area contributed by atoms with Crippen LogP contribution in [0.3, 0.4) is 0 Å². The van der Waals surface area contributed by atoms with Crippen LogP contribution >= 0.6 is 11.8 Å². The highest BCUT2D eigenvalue weighted by Crippen LogP contribution is 2.39. The van der Waals surface area contributed by atoms with E-state index in [1.54, 1.807) is 0 Å². The Labute approximate surface area is 124 Å². The number of carbonyl (C=O) groups excluding carboxylic acids is 1. The summed E-state index contributed by atoms with van der Waals surface area (Å²) in [6.07, 6.45) is 7.69. The third-order valence-corrected chi connectivity index (χ3v) is 5.18. The Morgan fingerprint density at radius 3 is 2.95 bits per heavy atom. The predicted octanol–water partition coefficient (Wildman–Crippen LogP) is 2.20. The third-order valence-electron chi connectivity index (χ3n) is 4.14. The maximum Gasteiger partial charge on any atom is 0.238 e. The zero-order valence-corrected chi connectivity index (χ0v) is 12.8. The molecule has 0 spiro atoms. The number of pyridine rings is 1. The van der Waals surface area contributed by atoms with E-state index in [1.807, 2.05) is 43.2 Å². The highest BCUT2D eigenvalue weighted by Gasteiger charge is 2.46. The topological polar surface area (TPSA) is 68.0 Å². The maximum atomic E-state index is 11.9. The van der Waals surface area contributed by atoms with Crippen LogP contribution in [0.5, 0.6) is 0 Å². The fourth-order valence-electron chi connectivity index (χ4n) is 3.18. The van der Waals surface area contributed by atoms with Crippen molar-refractivity contribution in [2.45, 2.75) is 43.0 Å². The molecule has 1 aromatic rings. The van der Waals surface area contributed by atoms with Gasteiger partial charge in [-0.05, 0) is 49.6 Å². The lowest BCUT2D eigenvalue weighted by Gasteiger charge is -2.33. The summed E-state index contributed by atoms with van der Waals surface area (Å²) < 4.78 is 0. The van der Waals surface area contributed by atoms with Crippen molar-refractivity contribution in [2.24, 2.45) is 11.7 Å². The molecule has 1 aromatic heterocycles. The Hall–Kier alpha value is -1.07. The van der Waals surface area contributed by atoms with Crippen LogP contribution in [0.4, 0.5) is 0 Å². The van der Waals surface area contributed by atoms with E-state index in [9.17, 15) is 4.79 Å². The first-order valence-electron chi connectivity index (χ1n) is 7.27. The fraction of sp³-hybridized carbons (Fsp3) is 0.600. The number of nitrogens with zero attached hydrogens (tertiary/aromatic N) is 1. The van der Waals surface area contributed by atoms with Gasteiger partial charge in [0.2, 0.25) is 5.91 Å². The molecule has 0 radical (unpaired) electrons. The van der Waals surface area contributed by atoms with E-state index in [1.165, 1.54) is 4.90 Å². The molecule has 1 saturated carbocycles. The minimum atomic E-state index is -0.479. The molecule has 1 amide bonds. The van der Waals surface area contributed by atoms with Crippen molar-refractivity contribution in [1.82, 2.24) is 10.3 Å². The third kappa shape index (κ3) is 3.33. The van der Waals surface area contributed by atoms with Gasteiger partial charge in [0.15, 0.2) is 0 Å². The number of rotatable bonds is 7. The molecule has 1 aliphatic carbocycles. The summed E-state index contributed by atoms with van der Waals surface area (Å²) in [6, 6.07) is 4.04. The molecule has 2 rings (SSSR count). The van der Waals surface area contributed by atoms with Gasteiger partial charge in [-0.2, -0.15) is 0 Å². The molecule has 0 aromatic carbocycles. The zero-order chi connectivity index (χ0) is 14.4. The van der Waals surface area contributed by atoms with E-state index in [-0.39, 0.29) is 5.91 Å². The Balaban J connectivity index is 1.92. The molecule has 4 nitrogen and oxygen atoms in total. The predicted molar refractivity (Wildman–Crippen MR) is 82.5 cm³/mol. The van der Waals surface area contributed by atoms with Gasteiger partial charge in [-0.25, -0.2) is 0 Å². The minimum absolute atomic E-state index is 0.184. The molecule has 5 heteroatoms. The zero-order valence-electron chi connectivity index (χ0n) is 12.0. The molecule has 3 N–H and O–H groups in total. The monoisotopic (exact) mass is 293 g/mol. The molecule has 1 fully saturated rings. The van der Waals surface area contributed by atoms with E-state index in [0.717, 1.165) is 38.0 Å². The lowest BCUT2D eigenvalue weighted by atomic mass is 9.84. The summed E-state index contributed by atoms with van der Waals surface area (Å²) >= 11 is 1.82. The van der Waals surface area contributed by atoms with Crippen LogP contribution in [0, 0.1) is 5.92 Å². The largest absolute Gasteiger partial charge is 0.368 e. The average molecular weight is 293 g/mol. The van der Waals surface area contributed by atoms with Crippen LogP contribution in [-0.2, 0) is 4.79 Å². The summed E-state index contributed by atoms with van der Waals surface area (Å²) in [5.41, 5.74) is 5.20. The SMILES string of the molecule is CCNC1(C(N)=O)CCCC1CCSc1ccncc1. The number of hydrogen-bond donors (Lipinski definition) is 2. The molecule has 110 valence electrons. The fourth-order valence-corrected chi connectivity index (χ4v) is 4.13. The van der Waals surface area contributed by atoms with Crippen molar-refractivity contribution in [3.05, 3.63) is 24.5 Å². The van der Waals surface area contributed by atoms with Crippen LogP contribution in [0.15, 0.2) is 29.4 Å². The number of amides is 1. The Morgan fingerprint density at radius 2 is 2.30 bits per heavy atom. The van der Waals surface area contributed by atoms with Crippen LogP contribution in [-0.4, -0.2) is 28.7 Å². The van der Waals surface area contributed by atoms with Crippen molar-refractivity contribution in [3.63, 3.8) is 0 Å². The lowest BCUT2D eigenvalue weighted by Crippen LogP contribution is -2.57. The highest BCUT2D eigenvalue weighted by atomic mass is 32.2. The minimum Gasteiger partial charge on any atom is -0.368 e. The molecule has 1 heterocycles. The molecular formula is C15H23N3OS. The number of primary amides is 1. The van der Waals surface area contributed by atoms with Gasteiger partial charge in [0, 0.05) is 17.3 Å². The first-order valence-corrected chi connectivity index (χ1v) is 8.25. The molecule has 0 bridgehead atoms. The number of hydrogen-bond acceptors (Lipinski definition) is 4. The Morgan fingerprint density at radius 1 is 1.55 bits per heavy atom. The van der Waals surface area contributed by atoms with Crippen molar-refractivity contribution < 1.29 is 4.79 Å². The molecule has 1 aliphatic rings. The van der Waals surface area contributed by atoms with Gasteiger partial charge in [-0.1, -0.05) is 13.3 Å². The molecule has 0 aliphatic heterocycles. The quantitative estimate of drug-likeness (QED) is 0.756. The van der Waals surface area contributed by atoms with E-state index < -0.39 is 5.54 Å². The van der Waals surface area contributed by atoms with Gasteiger partial charge in [-0.3, -0.25) is 9.78 Å². The second-order valence-corrected chi connectivity index (χ2v) is 6.44. The van der Waals surface area contributed by atoms with Gasteiger partial charge in [0.1, 0.15) is 5.54 Å². The number of thioether (sulfide) groups is 1. The second kappa shape index (κ2) is 7.09. The van der Waals surface area contributed by atoms with E-state index in [0.29, 0.717) is 5.92 Å². The van der Waals surface area contributed by atoms with Gasteiger partial charge in [0.05, 0.1) is 0 Å². The van der Waals surface area contributed by atoms with Crippen LogP contribution in [0.2, 0.25) is 0 Å². The maximum absolute atomic E-state index is 11.9. The number of nitrogens with two attached hydrogens (primary N) is 1. The van der Waals surface area contributed by atoms with Crippen molar-refractivity contribution in [3.8, 4) is 0 Å². The number of carbonyl (C=O) groups is 1. The van der Waals surface area contributed by atoms with Crippen molar-refractivity contribution in [2.75, 3.05) is 12.3 Å². The molecule has 0 saturated heterocycles. The summed E-state index contributed by atoms with van der Waals surface area (Å²) in [7, 11) is 0. The smallest absolute Gasteiger partial charge is 0.238 e. The molecule has 2 atom stereocenters. The Kier molecular flexibility index (Phi) is 5.43. The summed E-state index contributed by atoms with van der Waals surface area (Å²) in [6.45, 7) is 2.82. The standard InChI is InChI=1S/C15H23N3OS/c1-2-18-15(14(16)19)8-3-4-12(15)7-11-20-13-5-9-17-10-6-13/h5-6,9-10,12,18H,2-4,7-8,11H2,1H3,(H2,16,19). The molecular weight excluding hydrogens is 270 g/mol. The first kappa shape index (κ1) is 15.3. The number of likely N-dealkylation sites (N-methyl/N-ethyl adjacent to an activating group) is 1. The summed E-state index contributed by atoms with van der Waals surface area (Å²) in [5.74, 6) is 1.18. The van der Waals surface area contributed by atoms with E-state index in [4.69, 9.17) is 5.73 Å². The second-order valence-electron chi connectivity index (χ2n) is 5.28. The normalized spacial score (nSPS) is 25.8. The van der Waals surface area contributed by atoms with Crippen molar-refractivity contribution >= 4 is 17.7 Å². The highest BCUT2D eigenvalue weighted by molar-refractivity contribution is 7.99. The van der Waals surface area contributed by atoms with E-state index >= 15 is 0 Å². The number of nitrogens with one attached hydrogen (secondary N) is 1. The van der Waals surface area contributed by atoms with Crippen LogP contribution in [0.25, 0.3) is 0 Å². The Bertz CT molecular complexity index is 440. The van der Waals surface area contributed by atoms with Crippen LogP contribution in [0.1, 0.15) is 32.6 Å². The molecule has 20 heavy (non-hydrogen) atoms. The average Bonchev–Trinajstić information content (AvgIpc) is 2.85. The first-order chi connectivity index (χ1) is 9.69. The summed E-state index contributed by atoms with van der Waals surface area (Å²) in [4.78, 5) is 17.1. The van der Waals surface area contributed by atoms with Gasteiger partial charge in [-0.15, -0.1) is 11.8 Å². The lowest BCUT2D eigenvalue weighted by molar-refractivity contribution is -0.125. The van der Waals surface area contributed by atoms with Crippen molar-refractivity contribution in [1.29, 1.82) is 0 Å². The van der Waals surface area contributed by atoms with Crippen LogP contribution < -0.4 is 11.1 Å². The van der Waals surface area contributed by atoms with Gasteiger partial charge < -0.3 is 11.1 Å². The van der Waals surface area contributed by atoms with E-state index in [2.05, 4.69) is 10.3 Å². The van der Waals surface area contributed by atoms with Gasteiger partial charge in [0.25, 0.3) is 0 Å². The van der Waals surface area contributed by atoms with Gasteiger partial charge >= 0.3 is 0 Å². The summed E-state index contributed by atoms with van der Waals surface area (Å²) in [5, 5.41) is 3.36. The number of aromatic nitrogens is 1. The molecule has 2 unspecified atom stereocenters.